The highest BCUT2D eigenvalue weighted by Crippen LogP contribution is 2.17. The SMILES string of the molecule is N[C@@H](Cc1cccc(OCc2ccccc2)c1)C(=O)OCC(F)(F)F. The van der Waals surface area contributed by atoms with Crippen LogP contribution in [0, 0.1) is 0 Å². The lowest BCUT2D eigenvalue weighted by Gasteiger charge is -2.13. The van der Waals surface area contributed by atoms with Crippen LogP contribution in [0.3, 0.4) is 0 Å². The first-order valence-electron chi connectivity index (χ1n) is 7.58. The van der Waals surface area contributed by atoms with Crippen molar-refractivity contribution < 1.29 is 27.4 Å². The van der Waals surface area contributed by atoms with Crippen molar-refractivity contribution in [3.63, 3.8) is 0 Å². The van der Waals surface area contributed by atoms with Crippen LogP contribution in [0.4, 0.5) is 13.2 Å². The summed E-state index contributed by atoms with van der Waals surface area (Å²) in [4.78, 5) is 11.5. The predicted octanol–water partition coefficient (Wildman–Crippen LogP) is 3.24. The Labute approximate surface area is 143 Å². The van der Waals surface area contributed by atoms with Crippen molar-refractivity contribution in [2.24, 2.45) is 5.73 Å². The number of ether oxygens (including phenoxy) is 2. The van der Waals surface area contributed by atoms with E-state index < -0.39 is 24.8 Å². The number of rotatable bonds is 7. The van der Waals surface area contributed by atoms with Gasteiger partial charge < -0.3 is 15.2 Å². The molecule has 2 aromatic rings. The van der Waals surface area contributed by atoms with Gasteiger partial charge in [0, 0.05) is 0 Å². The molecule has 0 bridgehead atoms. The third-order valence-corrected chi connectivity index (χ3v) is 3.28. The fourth-order valence-corrected chi connectivity index (χ4v) is 2.10. The summed E-state index contributed by atoms with van der Waals surface area (Å²) in [5, 5.41) is 0. The fourth-order valence-electron chi connectivity index (χ4n) is 2.10. The highest BCUT2D eigenvalue weighted by Gasteiger charge is 2.30. The molecule has 25 heavy (non-hydrogen) atoms. The maximum atomic E-state index is 12.0. The largest absolute Gasteiger partial charge is 0.489 e. The molecular formula is C18H18F3NO3. The van der Waals surface area contributed by atoms with Crippen molar-refractivity contribution in [1.29, 1.82) is 0 Å². The summed E-state index contributed by atoms with van der Waals surface area (Å²) in [7, 11) is 0. The van der Waals surface area contributed by atoms with Crippen LogP contribution in [0.25, 0.3) is 0 Å². The van der Waals surface area contributed by atoms with Gasteiger partial charge >= 0.3 is 12.1 Å². The summed E-state index contributed by atoms with van der Waals surface area (Å²) in [6, 6.07) is 15.3. The quantitative estimate of drug-likeness (QED) is 0.777. The molecule has 4 nitrogen and oxygen atoms in total. The van der Waals surface area contributed by atoms with Crippen LogP contribution in [0.2, 0.25) is 0 Å². The normalized spacial score (nSPS) is 12.5. The van der Waals surface area contributed by atoms with Crippen molar-refractivity contribution in [3.8, 4) is 5.75 Å². The number of esters is 1. The molecule has 0 aliphatic rings. The molecule has 2 aromatic carbocycles. The molecule has 0 radical (unpaired) electrons. The van der Waals surface area contributed by atoms with E-state index in [9.17, 15) is 18.0 Å². The Morgan fingerprint density at radius 2 is 1.72 bits per heavy atom. The van der Waals surface area contributed by atoms with Gasteiger partial charge in [-0.15, -0.1) is 0 Å². The molecule has 7 heteroatoms. The zero-order valence-electron chi connectivity index (χ0n) is 13.3. The predicted molar refractivity (Wildman–Crippen MR) is 85.9 cm³/mol. The first-order valence-corrected chi connectivity index (χ1v) is 7.58. The van der Waals surface area contributed by atoms with E-state index in [1.165, 1.54) is 0 Å². The van der Waals surface area contributed by atoms with E-state index in [2.05, 4.69) is 4.74 Å². The molecule has 0 spiro atoms. The number of nitrogens with two attached hydrogens (primary N) is 1. The fraction of sp³-hybridized carbons (Fsp3) is 0.278. The lowest BCUT2D eigenvalue weighted by atomic mass is 10.1. The van der Waals surface area contributed by atoms with Gasteiger partial charge in [-0.1, -0.05) is 42.5 Å². The molecule has 0 amide bonds. The number of hydrogen-bond acceptors (Lipinski definition) is 4. The molecule has 0 aliphatic heterocycles. The summed E-state index contributed by atoms with van der Waals surface area (Å²) in [5.74, 6) is -0.509. The van der Waals surface area contributed by atoms with E-state index in [4.69, 9.17) is 10.5 Å². The van der Waals surface area contributed by atoms with Crippen LogP contribution in [-0.2, 0) is 22.6 Å². The summed E-state index contributed by atoms with van der Waals surface area (Å²) < 4.78 is 46.0. The minimum Gasteiger partial charge on any atom is -0.489 e. The van der Waals surface area contributed by atoms with Crippen LogP contribution >= 0.6 is 0 Å². The summed E-state index contributed by atoms with van der Waals surface area (Å²) in [5.41, 5.74) is 7.28. The Kier molecular flexibility index (Phi) is 6.41. The number of carbonyl (C=O) groups is 1. The molecule has 0 saturated carbocycles. The van der Waals surface area contributed by atoms with Gasteiger partial charge in [-0.2, -0.15) is 13.2 Å². The number of hydrogen-bond donors (Lipinski definition) is 1. The Hall–Kier alpha value is -2.54. The summed E-state index contributed by atoms with van der Waals surface area (Å²) in [6.07, 6.45) is -4.51. The number of benzene rings is 2. The zero-order valence-corrected chi connectivity index (χ0v) is 13.3. The molecule has 0 fully saturated rings. The van der Waals surface area contributed by atoms with Crippen LogP contribution in [0.15, 0.2) is 54.6 Å². The second-order valence-corrected chi connectivity index (χ2v) is 5.46. The molecule has 1 atom stereocenters. The van der Waals surface area contributed by atoms with E-state index in [1.54, 1.807) is 24.3 Å². The highest BCUT2D eigenvalue weighted by atomic mass is 19.4. The minimum absolute atomic E-state index is 0.0548. The lowest BCUT2D eigenvalue weighted by molar-refractivity contribution is -0.187. The van der Waals surface area contributed by atoms with Gasteiger partial charge in [-0.05, 0) is 29.7 Å². The number of carbonyl (C=O) groups excluding carboxylic acids is 1. The standard InChI is InChI=1S/C18H18F3NO3/c19-18(20,21)12-25-17(23)16(22)10-14-7-4-8-15(9-14)24-11-13-5-2-1-3-6-13/h1-9,16H,10-12,22H2/t16-/m0/s1. The van der Waals surface area contributed by atoms with E-state index in [-0.39, 0.29) is 6.42 Å². The lowest BCUT2D eigenvalue weighted by Crippen LogP contribution is -2.36. The molecule has 134 valence electrons. The van der Waals surface area contributed by atoms with Crippen molar-refractivity contribution >= 4 is 5.97 Å². The van der Waals surface area contributed by atoms with Gasteiger partial charge in [-0.25, -0.2) is 0 Å². The zero-order chi connectivity index (χ0) is 18.3. The monoisotopic (exact) mass is 353 g/mol. The second kappa shape index (κ2) is 8.53. The third-order valence-electron chi connectivity index (χ3n) is 3.28. The summed E-state index contributed by atoms with van der Waals surface area (Å²) in [6.45, 7) is -1.26. The smallest absolute Gasteiger partial charge is 0.422 e. The van der Waals surface area contributed by atoms with E-state index in [0.29, 0.717) is 17.9 Å². The molecule has 0 aliphatic carbocycles. The minimum atomic E-state index is -4.57. The first kappa shape index (κ1) is 18.8. The van der Waals surface area contributed by atoms with Gasteiger partial charge in [0.2, 0.25) is 0 Å². The Morgan fingerprint density at radius 1 is 1.04 bits per heavy atom. The van der Waals surface area contributed by atoms with Crippen molar-refractivity contribution in [3.05, 3.63) is 65.7 Å². The van der Waals surface area contributed by atoms with E-state index in [1.807, 2.05) is 30.3 Å². The maximum Gasteiger partial charge on any atom is 0.422 e. The number of halogens is 3. The summed E-state index contributed by atoms with van der Waals surface area (Å²) >= 11 is 0. The van der Waals surface area contributed by atoms with Gasteiger partial charge in [0.25, 0.3) is 0 Å². The Bertz CT molecular complexity index is 689. The molecule has 0 saturated heterocycles. The molecule has 0 aromatic heterocycles. The van der Waals surface area contributed by atoms with Crippen molar-refractivity contribution in [1.82, 2.24) is 0 Å². The van der Waals surface area contributed by atoms with Gasteiger partial charge in [0.05, 0.1) is 0 Å². The average molecular weight is 353 g/mol. The van der Waals surface area contributed by atoms with E-state index >= 15 is 0 Å². The van der Waals surface area contributed by atoms with Crippen LogP contribution in [0.1, 0.15) is 11.1 Å². The molecule has 2 N–H and O–H groups in total. The second-order valence-electron chi connectivity index (χ2n) is 5.46. The molecule has 0 unspecified atom stereocenters. The van der Waals surface area contributed by atoms with Crippen molar-refractivity contribution in [2.75, 3.05) is 6.61 Å². The van der Waals surface area contributed by atoms with Gasteiger partial charge in [0.1, 0.15) is 18.4 Å². The average Bonchev–Trinajstić information content (AvgIpc) is 2.58. The highest BCUT2D eigenvalue weighted by molar-refractivity contribution is 5.75. The van der Waals surface area contributed by atoms with Crippen LogP contribution < -0.4 is 10.5 Å². The third kappa shape index (κ3) is 6.84. The maximum absolute atomic E-state index is 12.0. The van der Waals surface area contributed by atoms with Crippen LogP contribution in [0.5, 0.6) is 5.75 Å². The van der Waals surface area contributed by atoms with E-state index in [0.717, 1.165) is 5.56 Å². The first-order chi connectivity index (χ1) is 11.8. The Morgan fingerprint density at radius 3 is 2.40 bits per heavy atom. The molecule has 0 heterocycles. The topological polar surface area (TPSA) is 61.5 Å². The number of alkyl halides is 3. The van der Waals surface area contributed by atoms with Crippen molar-refractivity contribution in [2.45, 2.75) is 25.2 Å². The molecular weight excluding hydrogens is 335 g/mol. The molecule has 2 rings (SSSR count). The Balaban J connectivity index is 1.88. The van der Waals surface area contributed by atoms with Crippen LogP contribution in [-0.4, -0.2) is 24.8 Å². The van der Waals surface area contributed by atoms with Gasteiger partial charge in [0.15, 0.2) is 6.61 Å². The van der Waals surface area contributed by atoms with Gasteiger partial charge in [-0.3, -0.25) is 4.79 Å².